The van der Waals surface area contributed by atoms with Crippen LogP contribution in [0.3, 0.4) is 0 Å². The Bertz CT molecular complexity index is 1110. The van der Waals surface area contributed by atoms with Crippen molar-refractivity contribution in [2.24, 2.45) is 5.92 Å². The fourth-order valence-corrected chi connectivity index (χ4v) is 5.96. The number of halogens is 2. The first-order valence-electron chi connectivity index (χ1n) is 8.35. The Labute approximate surface area is 169 Å². The fourth-order valence-electron chi connectivity index (χ4n) is 3.41. The van der Waals surface area contributed by atoms with E-state index >= 15 is 0 Å². The first-order chi connectivity index (χ1) is 12.3. The summed E-state index contributed by atoms with van der Waals surface area (Å²) in [5, 5.41) is 1.00. The van der Waals surface area contributed by atoms with Crippen molar-refractivity contribution >= 4 is 58.5 Å². The Morgan fingerprint density at radius 3 is 2.77 bits per heavy atom. The van der Waals surface area contributed by atoms with Gasteiger partial charge >= 0.3 is 0 Å². The van der Waals surface area contributed by atoms with E-state index in [9.17, 15) is 8.42 Å². The zero-order valence-corrected chi connectivity index (χ0v) is 18.0. The lowest BCUT2D eigenvalue weighted by molar-refractivity contribution is 0.438. The summed E-state index contributed by atoms with van der Waals surface area (Å²) in [6, 6.07) is 10.5. The van der Waals surface area contributed by atoms with Crippen molar-refractivity contribution in [2.45, 2.75) is 31.1 Å². The van der Waals surface area contributed by atoms with Crippen LogP contribution in [0.4, 0.5) is 5.69 Å². The summed E-state index contributed by atoms with van der Waals surface area (Å²) in [5.74, 6) is 1.65. The first-order valence-corrected chi connectivity index (χ1v) is 11.4. The SMILES string of the molecule is CC1CCc2oc3ccc(NS(=O)(=O)c4cc(Br)ccc4Br)cc3c2C1. The molecule has 0 bridgehead atoms. The Kier molecular flexibility index (Phi) is 4.65. The van der Waals surface area contributed by atoms with Crippen molar-refractivity contribution in [1.29, 1.82) is 0 Å². The summed E-state index contributed by atoms with van der Waals surface area (Å²) in [6.45, 7) is 2.24. The van der Waals surface area contributed by atoms with E-state index in [1.165, 1.54) is 5.56 Å². The number of hydrogen-bond donors (Lipinski definition) is 1. The van der Waals surface area contributed by atoms with Crippen molar-refractivity contribution < 1.29 is 12.8 Å². The predicted molar refractivity (Wildman–Crippen MR) is 110 cm³/mol. The third kappa shape index (κ3) is 3.32. The van der Waals surface area contributed by atoms with Gasteiger partial charge in [-0.05, 0) is 71.1 Å². The van der Waals surface area contributed by atoms with Crippen molar-refractivity contribution in [3.8, 4) is 0 Å². The molecular formula is C19H17Br2NO3S. The highest BCUT2D eigenvalue weighted by Crippen LogP contribution is 2.36. The van der Waals surface area contributed by atoms with E-state index in [0.29, 0.717) is 20.6 Å². The number of sulfonamides is 1. The van der Waals surface area contributed by atoms with Crippen molar-refractivity contribution in [3.05, 3.63) is 56.7 Å². The van der Waals surface area contributed by atoms with Crippen LogP contribution in [0.25, 0.3) is 11.0 Å². The quantitative estimate of drug-likeness (QED) is 0.490. The number of benzene rings is 2. The molecule has 4 rings (SSSR count). The van der Waals surface area contributed by atoms with Crippen LogP contribution in [0.15, 0.2) is 54.7 Å². The molecule has 2 aromatic carbocycles. The fraction of sp³-hybridized carbons (Fsp3) is 0.263. The molecule has 1 atom stereocenters. The van der Waals surface area contributed by atoms with E-state index < -0.39 is 10.0 Å². The van der Waals surface area contributed by atoms with Gasteiger partial charge in [-0.15, -0.1) is 0 Å². The van der Waals surface area contributed by atoms with Gasteiger partial charge in [0.25, 0.3) is 10.0 Å². The van der Waals surface area contributed by atoms with Crippen LogP contribution in [-0.4, -0.2) is 8.42 Å². The highest BCUT2D eigenvalue weighted by Gasteiger charge is 2.23. The second-order valence-electron chi connectivity index (χ2n) is 6.74. The number of anilines is 1. The van der Waals surface area contributed by atoms with Crippen LogP contribution in [0.1, 0.15) is 24.7 Å². The maximum atomic E-state index is 12.8. The van der Waals surface area contributed by atoms with E-state index in [1.807, 2.05) is 12.1 Å². The van der Waals surface area contributed by atoms with Gasteiger partial charge in [0.15, 0.2) is 0 Å². The summed E-state index contributed by atoms with van der Waals surface area (Å²) < 4.78 is 35.5. The molecule has 0 spiro atoms. The molecule has 0 radical (unpaired) electrons. The first kappa shape index (κ1) is 18.1. The van der Waals surface area contributed by atoms with Gasteiger partial charge in [-0.25, -0.2) is 8.42 Å². The van der Waals surface area contributed by atoms with Crippen molar-refractivity contribution in [2.75, 3.05) is 4.72 Å². The maximum absolute atomic E-state index is 12.8. The topological polar surface area (TPSA) is 59.3 Å². The van der Waals surface area contributed by atoms with Crippen molar-refractivity contribution in [3.63, 3.8) is 0 Å². The third-order valence-corrected chi connectivity index (χ3v) is 7.59. The maximum Gasteiger partial charge on any atom is 0.263 e. The molecule has 0 saturated carbocycles. The zero-order chi connectivity index (χ0) is 18.5. The van der Waals surface area contributed by atoms with Crippen molar-refractivity contribution in [1.82, 2.24) is 0 Å². The number of nitrogens with one attached hydrogen (secondary N) is 1. The van der Waals surface area contributed by atoms with Crippen LogP contribution in [0.2, 0.25) is 0 Å². The molecular weight excluding hydrogens is 482 g/mol. The van der Waals surface area contributed by atoms with Crippen LogP contribution < -0.4 is 4.72 Å². The van der Waals surface area contributed by atoms with Gasteiger partial charge in [0.2, 0.25) is 0 Å². The molecule has 0 amide bonds. The van der Waals surface area contributed by atoms with E-state index in [1.54, 1.807) is 24.3 Å². The lowest BCUT2D eigenvalue weighted by Gasteiger charge is -2.16. The van der Waals surface area contributed by atoms with Gasteiger partial charge in [-0.3, -0.25) is 4.72 Å². The van der Waals surface area contributed by atoms with Crippen LogP contribution in [0.5, 0.6) is 0 Å². The molecule has 4 nitrogen and oxygen atoms in total. The molecule has 26 heavy (non-hydrogen) atoms. The smallest absolute Gasteiger partial charge is 0.263 e. The normalized spacial score (nSPS) is 17.3. The highest BCUT2D eigenvalue weighted by atomic mass is 79.9. The summed E-state index contributed by atoms with van der Waals surface area (Å²) in [5.41, 5.74) is 2.56. The lowest BCUT2D eigenvalue weighted by Crippen LogP contribution is -2.13. The van der Waals surface area contributed by atoms with Gasteiger partial charge in [0.05, 0.1) is 0 Å². The van der Waals surface area contributed by atoms with Gasteiger partial charge in [0.1, 0.15) is 16.2 Å². The number of furan rings is 1. The minimum atomic E-state index is -3.71. The minimum absolute atomic E-state index is 0.190. The average Bonchev–Trinajstić information content (AvgIpc) is 2.94. The minimum Gasteiger partial charge on any atom is -0.461 e. The average molecular weight is 499 g/mol. The molecule has 136 valence electrons. The number of fused-ring (bicyclic) bond motifs is 3. The van der Waals surface area contributed by atoms with E-state index in [4.69, 9.17) is 4.42 Å². The highest BCUT2D eigenvalue weighted by molar-refractivity contribution is 9.11. The third-order valence-electron chi connectivity index (χ3n) is 4.73. The van der Waals surface area contributed by atoms with Crippen LogP contribution >= 0.6 is 31.9 Å². The summed E-state index contributed by atoms with van der Waals surface area (Å²) in [7, 11) is -3.71. The largest absolute Gasteiger partial charge is 0.461 e. The molecule has 0 saturated heterocycles. The van der Waals surface area contributed by atoms with E-state index in [0.717, 1.165) is 36.0 Å². The molecule has 0 aliphatic heterocycles. The van der Waals surface area contributed by atoms with Crippen LogP contribution in [0, 0.1) is 5.92 Å². The molecule has 1 heterocycles. The molecule has 1 aromatic heterocycles. The molecule has 7 heteroatoms. The summed E-state index contributed by atoms with van der Waals surface area (Å²) >= 11 is 6.64. The Balaban J connectivity index is 1.73. The van der Waals surface area contributed by atoms with Gasteiger partial charge in [0, 0.05) is 32.0 Å². The number of hydrogen-bond acceptors (Lipinski definition) is 3. The zero-order valence-electron chi connectivity index (χ0n) is 14.1. The molecule has 1 aliphatic carbocycles. The standard InChI is InChI=1S/C19H17Br2NO3S/c1-11-2-6-17-14(8-11)15-10-13(4-7-18(15)25-17)22-26(23,24)19-9-12(20)3-5-16(19)21/h3-5,7,9-11,22H,2,6,8H2,1H3. The van der Waals surface area contributed by atoms with Gasteiger partial charge < -0.3 is 4.42 Å². The number of rotatable bonds is 3. The summed E-state index contributed by atoms with van der Waals surface area (Å²) in [4.78, 5) is 0.190. The molecule has 0 fully saturated rings. The Morgan fingerprint density at radius 2 is 1.96 bits per heavy atom. The summed E-state index contributed by atoms with van der Waals surface area (Å²) in [6.07, 6.45) is 3.04. The molecule has 1 unspecified atom stereocenters. The Morgan fingerprint density at radius 1 is 1.15 bits per heavy atom. The molecule has 1 aliphatic rings. The van der Waals surface area contributed by atoms with Gasteiger partial charge in [-0.1, -0.05) is 22.9 Å². The second kappa shape index (κ2) is 6.69. The van der Waals surface area contributed by atoms with Crippen LogP contribution in [-0.2, 0) is 22.9 Å². The second-order valence-corrected chi connectivity index (χ2v) is 10.2. The van der Waals surface area contributed by atoms with E-state index in [-0.39, 0.29) is 4.90 Å². The van der Waals surface area contributed by atoms with E-state index in [2.05, 4.69) is 43.5 Å². The lowest BCUT2D eigenvalue weighted by atomic mass is 9.88. The predicted octanol–water partition coefficient (Wildman–Crippen LogP) is 5.88. The molecule has 3 aromatic rings. The Hall–Kier alpha value is -1.31. The monoisotopic (exact) mass is 497 g/mol. The molecule has 1 N–H and O–H groups in total. The number of aryl methyl sites for hydroxylation is 1. The van der Waals surface area contributed by atoms with Gasteiger partial charge in [-0.2, -0.15) is 0 Å².